The third-order valence-corrected chi connectivity index (χ3v) is 4.13. The van der Waals surface area contributed by atoms with Gasteiger partial charge < -0.3 is 5.32 Å². The number of benzene rings is 1. The van der Waals surface area contributed by atoms with E-state index in [0.717, 1.165) is 30.3 Å². The second-order valence-corrected chi connectivity index (χ2v) is 5.84. The first-order chi connectivity index (χ1) is 11.6. The lowest BCUT2D eigenvalue weighted by Crippen LogP contribution is -2.39. The molecule has 0 bridgehead atoms. The monoisotopic (exact) mass is 335 g/mol. The largest absolute Gasteiger partial charge is 0.335 e. The Morgan fingerprint density at radius 2 is 2.04 bits per heavy atom. The van der Waals surface area contributed by atoms with Gasteiger partial charge in [0.2, 0.25) is 0 Å². The van der Waals surface area contributed by atoms with Crippen LogP contribution < -0.4 is 10.7 Å². The number of aromatic nitrogens is 2. The highest BCUT2D eigenvalue weighted by atomic mass is 19.3. The molecule has 0 radical (unpaired) electrons. The van der Waals surface area contributed by atoms with E-state index in [9.17, 15) is 13.6 Å². The summed E-state index contributed by atoms with van der Waals surface area (Å²) in [4.78, 5) is 16.0. The summed E-state index contributed by atoms with van der Waals surface area (Å²) in [6, 6.07) is 6.37. The fourth-order valence-electron chi connectivity index (χ4n) is 2.97. The number of nitrogens with one attached hydrogen (secondary N) is 2. The van der Waals surface area contributed by atoms with E-state index in [0.29, 0.717) is 11.0 Å². The lowest BCUT2D eigenvalue weighted by Gasteiger charge is -2.11. The van der Waals surface area contributed by atoms with Crippen LogP contribution >= 0.6 is 0 Å². The summed E-state index contributed by atoms with van der Waals surface area (Å²) in [5.74, 6) is 0.0346. The van der Waals surface area contributed by atoms with Crippen LogP contribution in [0.3, 0.4) is 0 Å². The topological polar surface area (TPSA) is 71.3 Å². The summed E-state index contributed by atoms with van der Waals surface area (Å²) in [5, 5.41) is 6.73. The molecule has 0 spiro atoms. The fraction of sp³-hybridized carbons (Fsp3) is 0.438. The van der Waals surface area contributed by atoms with Crippen molar-refractivity contribution in [1.29, 1.82) is 0 Å². The second-order valence-electron chi connectivity index (χ2n) is 5.84. The van der Waals surface area contributed by atoms with Crippen molar-refractivity contribution in [1.82, 2.24) is 20.3 Å². The summed E-state index contributed by atoms with van der Waals surface area (Å²) >= 11 is 0. The molecule has 0 saturated heterocycles. The van der Waals surface area contributed by atoms with Crippen molar-refractivity contribution in [2.24, 2.45) is 5.10 Å². The first kappa shape index (κ1) is 16.4. The maximum atomic E-state index is 13.4. The van der Waals surface area contributed by atoms with Gasteiger partial charge in [0.15, 0.2) is 5.82 Å². The Bertz CT molecular complexity index is 765. The maximum absolute atomic E-state index is 13.4. The molecule has 1 aliphatic carbocycles. The van der Waals surface area contributed by atoms with Gasteiger partial charge in [0.25, 0.3) is 0 Å². The van der Waals surface area contributed by atoms with Crippen LogP contribution in [0, 0.1) is 0 Å². The van der Waals surface area contributed by atoms with Gasteiger partial charge in [0.05, 0.1) is 11.0 Å². The van der Waals surface area contributed by atoms with Gasteiger partial charge in [-0.25, -0.2) is 15.2 Å². The molecule has 128 valence electrons. The summed E-state index contributed by atoms with van der Waals surface area (Å²) in [6.07, 6.45) is 4.12. The molecule has 1 aromatic heterocycles. The molecule has 1 aromatic carbocycles. The predicted molar refractivity (Wildman–Crippen MR) is 87.1 cm³/mol. The molecule has 3 rings (SSSR count). The number of imidazole rings is 1. The molecule has 1 aliphatic rings. The van der Waals surface area contributed by atoms with Crippen LogP contribution in [0.15, 0.2) is 29.4 Å². The molecule has 0 aliphatic heterocycles. The van der Waals surface area contributed by atoms with Gasteiger partial charge in [0, 0.05) is 6.04 Å². The van der Waals surface area contributed by atoms with Crippen molar-refractivity contribution >= 4 is 22.8 Å². The number of fused-ring (bicyclic) bond motifs is 1. The van der Waals surface area contributed by atoms with Gasteiger partial charge in [-0.05, 0) is 31.9 Å². The Kier molecular flexibility index (Phi) is 4.73. The number of halogens is 2. The number of nitrogens with zero attached hydrogens (tertiary/aromatic N) is 3. The first-order valence-electron chi connectivity index (χ1n) is 7.92. The van der Waals surface area contributed by atoms with E-state index < -0.39 is 12.6 Å². The number of amides is 2. The maximum Gasteiger partial charge on any atom is 0.335 e. The number of carbonyl (C=O) groups is 1. The van der Waals surface area contributed by atoms with E-state index in [4.69, 9.17) is 0 Å². The predicted octanol–water partition coefficient (Wildman–Crippen LogP) is 3.40. The minimum atomic E-state index is -2.75. The van der Waals surface area contributed by atoms with Crippen molar-refractivity contribution in [3.63, 3.8) is 0 Å². The van der Waals surface area contributed by atoms with E-state index >= 15 is 0 Å². The van der Waals surface area contributed by atoms with E-state index in [2.05, 4.69) is 20.8 Å². The number of hydrogen-bond donors (Lipinski definition) is 2. The van der Waals surface area contributed by atoms with E-state index in [1.165, 1.54) is 6.92 Å². The molecule has 1 fully saturated rings. The Balaban J connectivity index is 1.78. The molecule has 2 N–H and O–H groups in total. The Labute approximate surface area is 137 Å². The molecule has 24 heavy (non-hydrogen) atoms. The number of hydrogen-bond acceptors (Lipinski definition) is 3. The molecule has 6 nitrogen and oxygen atoms in total. The normalized spacial score (nSPS) is 16.1. The van der Waals surface area contributed by atoms with Crippen molar-refractivity contribution in [2.45, 2.75) is 45.2 Å². The van der Waals surface area contributed by atoms with Crippen LogP contribution in [-0.2, 0) is 0 Å². The van der Waals surface area contributed by atoms with Crippen LogP contribution in [0.25, 0.3) is 11.0 Å². The Hall–Kier alpha value is -2.51. The van der Waals surface area contributed by atoms with Gasteiger partial charge >= 0.3 is 12.6 Å². The average molecular weight is 335 g/mol. The highest BCUT2D eigenvalue weighted by Crippen LogP contribution is 2.23. The standard InChI is InChI=1S/C16H19F2N5O/c1-10(21-22-16(24)19-11-6-2-3-7-11)14-20-12-8-4-5-9-13(12)23(14)15(17)18/h4-5,8-9,11,15H,2-3,6-7H2,1H3,(H2,19,22,24). The van der Waals surface area contributed by atoms with Crippen molar-refractivity contribution in [3.8, 4) is 0 Å². The zero-order valence-corrected chi connectivity index (χ0v) is 13.3. The number of rotatable bonds is 4. The number of carbonyl (C=O) groups excluding carboxylic acids is 1. The molecule has 0 atom stereocenters. The number of alkyl halides is 2. The number of para-hydroxylation sites is 2. The molecular weight excluding hydrogens is 316 g/mol. The minimum absolute atomic E-state index is 0.0346. The molecular formula is C16H19F2N5O. The van der Waals surface area contributed by atoms with Gasteiger partial charge in [-0.15, -0.1) is 0 Å². The quantitative estimate of drug-likeness (QED) is 0.664. The van der Waals surface area contributed by atoms with Crippen LogP contribution in [0.5, 0.6) is 0 Å². The van der Waals surface area contributed by atoms with Gasteiger partial charge in [-0.2, -0.15) is 13.9 Å². The zero-order valence-electron chi connectivity index (χ0n) is 13.3. The summed E-state index contributed by atoms with van der Waals surface area (Å²) in [5.41, 5.74) is 3.36. The van der Waals surface area contributed by atoms with E-state index in [-0.39, 0.29) is 17.6 Å². The first-order valence-corrected chi connectivity index (χ1v) is 7.92. The molecule has 2 aromatic rings. The van der Waals surface area contributed by atoms with E-state index in [1.54, 1.807) is 24.3 Å². The molecule has 2 amide bonds. The second kappa shape index (κ2) is 6.94. The minimum Gasteiger partial charge on any atom is -0.334 e. The van der Waals surface area contributed by atoms with Crippen LogP contribution in [0.4, 0.5) is 13.6 Å². The summed E-state index contributed by atoms with van der Waals surface area (Å²) in [7, 11) is 0. The third-order valence-electron chi connectivity index (χ3n) is 4.13. The number of urea groups is 1. The van der Waals surface area contributed by atoms with Crippen molar-refractivity contribution in [2.75, 3.05) is 0 Å². The smallest absolute Gasteiger partial charge is 0.334 e. The van der Waals surface area contributed by atoms with E-state index in [1.807, 2.05) is 0 Å². The molecule has 1 heterocycles. The molecule has 0 unspecified atom stereocenters. The number of hydrazone groups is 1. The lowest BCUT2D eigenvalue weighted by atomic mass is 10.3. The fourth-order valence-corrected chi connectivity index (χ4v) is 2.97. The zero-order chi connectivity index (χ0) is 17.1. The average Bonchev–Trinajstić information content (AvgIpc) is 3.19. The van der Waals surface area contributed by atoms with Gasteiger partial charge in [-0.3, -0.25) is 4.57 Å². The van der Waals surface area contributed by atoms with Crippen LogP contribution in [-0.4, -0.2) is 27.3 Å². The van der Waals surface area contributed by atoms with Crippen molar-refractivity contribution in [3.05, 3.63) is 30.1 Å². The highest BCUT2D eigenvalue weighted by Gasteiger charge is 2.20. The molecule has 1 saturated carbocycles. The van der Waals surface area contributed by atoms with Crippen LogP contribution in [0.2, 0.25) is 0 Å². The van der Waals surface area contributed by atoms with Gasteiger partial charge in [-0.1, -0.05) is 25.0 Å². The summed E-state index contributed by atoms with van der Waals surface area (Å²) < 4.78 is 27.6. The molecule has 8 heteroatoms. The highest BCUT2D eigenvalue weighted by molar-refractivity contribution is 5.99. The van der Waals surface area contributed by atoms with Crippen LogP contribution in [0.1, 0.15) is 45.0 Å². The third kappa shape index (κ3) is 3.37. The Morgan fingerprint density at radius 3 is 2.75 bits per heavy atom. The SMILES string of the molecule is CC(=NNC(=O)NC1CCCC1)c1nc2ccccc2n1C(F)F. The van der Waals surface area contributed by atoms with Crippen molar-refractivity contribution < 1.29 is 13.6 Å². The van der Waals surface area contributed by atoms with Gasteiger partial charge in [0.1, 0.15) is 5.71 Å². The summed E-state index contributed by atoms with van der Waals surface area (Å²) in [6.45, 7) is -1.21. The Morgan fingerprint density at radius 1 is 1.33 bits per heavy atom. The lowest BCUT2D eigenvalue weighted by molar-refractivity contribution is 0.0740.